The first-order valence-electron chi connectivity index (χ1n) is 5.48. The van der Waals surface area contributed by atoms with Gasteiger partial charge in [0.2, 0.25) is 5.91 Å². The number of nitrogens with one attached hydrogen (secondary N) is 2. The zero-order valence-electron chi connectivity index (χ0n) is 9.69. The lowest BCUT2D eigenvalue weighted by Crippen LogP contribution is -2.37. The molecule has 0 aromatic heterocycles. The fraction of sp³-hybridized carbons (Fsp3) is 0.333. The van der Waals surface area contributed by atoms with Crippen LogP contribution in [0.5, 0.6) is 0 Å². The van der Waals surface area contributed by atoms with E-state index < -0.39 is 0 Å². The fourth-order valence-corrected chi connectivity index (χ4v) is 1.51. The van der Waals surface area contributed by atoms with Crippen LogP contribution in [0, 0.1) is 0 Å². The lowest BCUT2D eigenvalue weighted by molar-refractivity contribution is -0.120. The van der Waals surface area contributed by atoms with Crippen LogP contribution < -0.4 is 10.6 Å². The third-order valence-corrected chi connectivity index (χ3v) is 2.52. The van der Waals surface area contributed by atoms with Crippen LogP contribution in [0.4, 0.5) is 0 Å². The molecule has 0 unspecified atom stereocenters. The molecule has 0 fully saturated rings. The van der Waals surface area contributed by atoms with Gasteiger partial charge in [-0.15, -0.1) is 12.6 Å². The van der Waals surface area contributed by atoms with Crippen LogP contribution in [0.25, 0.3) is 0 Å². The number of thiol groups is 1. The van der Waals surface area contributed by atoms with Crippen molar-refractivity contribution in [3.05, 3.63) is 29.8 Å². The molecule has 4 nitrogen and oxygen atoms in total. The Balaban J connectivity index is 2.45. The van der Waals surface area contributed by atoms with Gasteiger partial charge in [-0.25, -0.2) is 0 Å². The van der Waals surface area contributed by atoms with Crippen molar-refractivity contribution >= 4 is 24.4 Å². The van der Waals surface area contributed by atoms with Gasteiger partial charge in [-0.1, -0.05) is 19.1 Å². The van der Waals surface area contributed by atoms with Crippen LogP contribution in [0.3, 0.4) is 0 Å². The zero-order chi connectivity index (χ0) is 12.7. The first kappa shape index (κ1) is 13.6. The maximum absolute atomic E-state index is 11.7. The third kappa shape index (κ3) is 4.48. The summed E-state index contributed by atoms with van der Waals surface area (Å²) < 4.78 is 0. The third-order valence-electron chi connectivity index (χ3n) is 2.13. The van der Waals surface area contributed by atoms with Crippen molar-refractivity contribution in [3.63, 3.8) is 0 Å². The van der Waals surface area contributed by atoms with Gasteiger partial charge in [0, 0.05) is 11.4 Å². The zero-order valence-corrected chi connectivity index (χ0v) is 10.6. The van der Waals surface area contributed by atoms with Gasteiger partial charge in [0.25, 0.3) is 5.91 Å². The van der Waals surface area contributed by atoms with Crippen molar-refractivity contribution in [2.75, 3.05) is 13.1 Å². The number of hydrogen-bond donors (Lipinski definition) is 3. The number of carbonyl (C=O) groups excluding carboxylic acids is 2. The van der Waals surface area contributed by atoms with Gasteiger partial charge in [-0.3, -0.25) is 9.59 Å². The summed E-state index contributed by atoms with van der Waals surface area (Å²) in [5.41, 5.74) is 0.471. The molecular weight excluding hydrogens is 236 g/mol. The average Bonchev–Trinajstić information content (AvgIpc) is 2.34. The SMILES string of the molecule is CCCNC(=O)CNC(=O)c1ccccc1S. The van der Waals surface area contributed by atoms with Crippen molar-refractivity contribution in [1.29, 1.82) is 0 Å². The van der Waals surface area contributed by atoms with Crippen molar-refractivity contribution in [3.8, 4) is 0 Å². The van der Waals surface area contributed by atoms with Gasteiger partial charge in [0.15, 0.2) is 0 Å². The highest BCUT2D eigenvalue weighted by molar-refractivity contribution is 7.80. The first-order chi connectivity index (χ1) is 8.15. The van der Waals surface area contributed by atoms with Crippen molar-refractivity contribution in [1.82, 2.24) is 10.6 Å². The Hall–Kier alpha value is -1.49. The molecular formula is C12H16N2O2S. The number of rotatable bonds is 5. The van der Waals surface area contributed by atoms with E-state index in [1.54, 1.807) is 24.3 Å². The summed E-state index contributed by atoms with van der Waals surface area (Å²) in [4.78, 5) is 23.6. The topological polar surface area (TPSA) is 58.2 Å². The molecule has 0 bridgehead atoms. The van der Waals surface area contributed by atoms with Crippen LogP contribution in [0.2, 0.25) is 0 Å². The van der Waals surface area contributed by atoms with E-state index in [1.807, 2.05) is 6.92 Å². The highest BCUT2D eigenvalue weighted by Gasteiger charge is 2.09. The minimum absolute atomic E-state index is 0.0130. The minimum atomic E-state index is -0.290. The first-order valence-corrected chi connectivity index (χ1v) is 5.92. The summed E-state index contributed by atoms with van der Waals surface area (Å²) >= 11 is 4.18. The van der Waals surface area contributed by atoms with Gasteiger partial charge >= 0.3 is 0 Å². The smallest absolute Gasteiger partial charge is 0.252 e. The molecule has 0 aliphatic carbocycles. The number of hydrogen-bond acceptors (Lipinski definition) is 3. The molecule has 1 aromatic rings. The van der Waals surface area contributed by atoms with Crippen LogP contribution >= 0.6 is 12.6 Å². The maximum Gasteiger partial charge on any atom is 0.252 e. The minimum Gasteiger partial charge on any atom is -0.355 e. The van der Waals surface area contributed by atoms with Gasteiger partial charge in [0.1, 0.15) is 0 Å². The lowest BCUT2D eigenvalue weighted by atomic mass is 10.2. The summed E-state index contributed by atoms with van der Waals surface area (Å²) in [6.07, 6.45) is 0.874. The number of benzene rings is 1. The molecule has 0 heterocycles. The molecule has 0 atom stereocenters. The predicted molar refractivity (Wildman–Crippen MR) is 69.3 cm³/mol. The Morgan fingerprint density at radius 3 is 2.59 bits per heavy atom. The molecule has 0 aliphatic rings. The second-order valence-electron chi connectivity index (χ2n) is 3.55. The van der Waals surface area contributed by atoms with E-state index in [0.29, 0.717) is 17.0 Å². The van der Waals surface area contributed by atoms with E-state index in [1.165, 1.54) is 0 Å². The molecule has 2 amide bonds. The Labute approximate surface area is 106 Å². The standard InChI is InChI=1S/C12H16N2O2S/c1-2-7-13-11(15)8-14-12(16)9-5-3-4-6-10(9)17/h3-6,17H,2,7-8H2,1H3,(H,13,15)(H,14,16). The summed E-state index contributed by atoms with van der Waals surface area (Å²) in [5.74, 6) is -0.473. The summed E-state index contributed by atoms with van der Waals surface area (Å²) in [7, 11) is 0. The van der Waals surface area contributed by atoms with Gasteiger partial charge < -0.3 is 10.6 Å². The number of amides is 2. The molecule has 92 valence electrons. The Bertz CT molecular complexity index is 407. The summed E-state index contributed by atoms with van der Waals surface area (Å²) in [6, 6.07) is 6.95. The maximum atomic E-state index is 11.7. The van der Waals surface area contributed by atoms with E-state index in [9.17, 15) is 9.59 Å². The van der Waals surface area contributed by atoms with Gasteiger partial charge in [-0.05, 0) is 18.6 Å². The highest BCUT2D eigenvalue weighted by Crippen LogP contribution is 2.12. The van der Waals surface area contributed by atoms with Gasteiger partial charge in [0.05, 0.1) is 12.1 Å². The lowest BCUT2D eigenvalue weighted by Gasteiger charge is -2.07. The Kier molecular flexibility index (Phi) is 5.56. The highest BCUT2D eigenvalue weighted by atomic mass is 32.1. The molecule has 17 heavy (non-hydrogen) atoms. The molecule has 1 rings (SSSR count). The van der Waals surface area contributed by atoms with E-state index in [2.05, 4.69) is 23.3 Å². The van der Waals surface area contributed by atoms with Crippen LogP contribution in [-0.2, 0) is 4.79 Å². The Morgan fingerprint density at radius 2 is 1.94 bits per heavy atom. The second kappa shape index (κ2) is 6.96. The van der Waals surface area contributed by atoms with Crippen LogP contribution in [0.1, 0.15) is 23.7 Å². The summed E-state index contributed by atoms with van der Waals surface area (Å²) in [5, 5.41) is 5.23. The van der Waals surface area contributed by atoms with Crippen LogP contribution in [0.15, 0.2) is 29.2 Å². The second-order valence-corrected chi connectivity index (χ2v) is 4.03. The fourth-order valence-electron chi connectivity index (χ4n) is 1.25. The van der Waals surface area contributed by atoms with Gasteiger partial charge in [-0.2, -0.15) is 0 Å². The normalized spacial score (nSPS) is 9.76. The van der Waals surface area contributed by atoms with Crippen molar-refractivity contribution < 1.29 is 9.59 Å². The number of carbonyl (C=O) groups is 2. The largest absolute Gasteiger partial charge is 0.355 e. The van der Waals surface area contributed by atoms with Crippen molar-refractivity contribution in [2.24, 2.45) is 0 Å². The molecule has 2 N–H and O–H groups in total. The van der Waals surface area contributed by atoms with Crippen molar-refractivity contribution in [2.45, 2.75) is 18.2 Å². The summed E-state index contributed by atoms with van der Waals surface area (Å²) in [6.45, 7) is 2.58. The molecule has 0 saturated carbocycles. The van der Waals surface area contributed by atoms with Crippen LogP contribution in [-0.4, -0.2) is 24.9 Å². The Morgan fingerprint density at radius 1 is 1.24 bits per heavy atom. The van der Waals surface area contributed by atoms with E-state index >= 15 is 0 Å². The molecule has 0 saturated heterocycles. The van der Waals surface area contributed by atoms with E-state index in [4.69, 9.17) is 0 Å². The predicted octanol–water partition coefficient (Wildman–Crippen LogP) is 1.23. The molecule has 0 aliphatic heterocycles. The molecule has 1 aromatic carbocycles. The van der Waals surface area contributed by atoms with E-state index in [-0.39, 0.29) is 18.4 Å². The molecule has 0 spiro atoms. The quantitative estimate of drug-likeness (QED) is 0.690. The van der Waals surface area contributed by atoms with E-state index in [0.717, 1.165) is 6.42 Å². The molecule has 0 radical (unpaired) electrons. The monoisotopic (exact) mass is 252 g/mol. The average molecular weight is 252 g/mol. The molecule has 5 heteroatoms.